The van der Waals surface area contributed by atoms with Crippen LogP contribution in [0.25, 0.3) is 10.2 Å². The first-order valence-corrected chi connectivity index (χ1v) is 6.94. The molecule has 0 aromatic carbocycles. The smallest absolute Gasteiger partial charge is 0.341 e. The molecule has 0 amide bonds. The van der Waals surface area contributed by atoms with Gasteiger partial charge in [-0.2, -0.15) is 0 Å². The van der Waals surface area contributed by atoms with Gasteiger partial charge >= 0.3 is 5.97 Å². The number of fused-ring (bicyclic) bond motifs is 1. The zero-order valence-electron chi connectivity index (χ0n) is 11.4. The van der Waals surface area contributed by atoms with E-state index in [1.54, 1.807) is 12.1 Å². The molecule has 3 aromatic heterocycles. The maximum atomic E-state index is 12.4. The van der Waals surface area contributed by atoms with Crippen molar-refractivity contribution in [3.05, 3.63) is 57.0 Å². The molecule has 0 unspecified atom stereocenters. The fourth-order valence-corrected chi connectivity index (χ4v) is 3.09. The number of aromatic amines is 1. The molecule has 0 spiro atoms. The minimum absolute atomic E-state index is 0. The van der Waals surface area contributed by atoms with E-state index in [1.807, 2.05) is 0 Å². The normalized spacial score (nSPS) is 10.3. The lowest BCUT2D eigenvalue weighted by Crippen LogP contribution is -2.16. The number of carboxylic acids is 1. The summed E-state index contributed by atoms with van der Waals surface area (Å²) in [7, 11) is 0. The average molecular weight is 352 g/mol. The van der Waals surface area contributed by atoms with Crippen molar-refractivity contribution in [2.45, 2.75) is 0 Å². The van der Waals surface area contributed by atoms with Crippen molar-refractivity contribution in [1.82, 2.24) is 9.97 Å². The lowest BCUT2D eigenvalue weighted by Gasteiger charge is -1.99. The number of nitrogens with one attached hydrogen (secondary N) is 1. The number of hydrogen-bond acceptors (Lipinski definition) is 6. The van der Waals surface area contributed by atoms with E-state index in [1.165, 1.54) is 18.5 Å². The number of nitrogens with zero attached hydrogens (tertiary/aromatic N) is 1. The molecule has 7 nitrogen and oxygen atoms in total. The molecule has 0 atom stereocenters. The predicted octanol–water partition coefficient (Wildman–Crippen LogP) is 1.92. The summed E-state index contributed by atoms with van der Waals surface area (Å²) in [5.74, 6) is -1.66. The highest BCUT2D eigenvalue weighted by Crippen LogP contribution is 2.33. The van der Waals surface area contributed by atoms with E-state index >= 15 is 0 Å². The van der Waals surface area contributed by atoms with E-state index in [-0.39, 0.29) is 28.8 Å². The number of anilines is 1. The van der Waals surface area contributed by atoms with Gasteiger partial charge in [-0.05, 0) is 18.2 Å². The number of carbonyl (C=O) groups excluding carboxylic acids is 1. The molecule has 0 aliphatic carbocycles. The topological polar surface area (TPSA) is 126 Å². The molecule has 0 aliphatic rings. The van der Waals surface area contributed by atoms with Crippen molar-refractivity contribution in [3.63, 3.8) is 0 Å². The van der Waals surface area contributed by atoms with Crippen molar-refractivity contribution in [1.29, 1.82) is 0 Å². The summed E-state index contributed by atoms with van der Waals surface area (Å²) in [4.78, 5) is 42.0. The van der Waals surface area contributed by atoms with E-state index in [4.69, 9.17) is 10.8 Å². The van der Waals surface area contributed by atoms with Crippen LogP contribution in [0.5, 0.6) is 0 Å². The highest BCUT2D eigenvalue weighted by atomic mass is 35.5. The number of halogens is 1. The van der Waals surface area contributed by atoms with Gasteiger partial charge in [-0.3, -0.25) is 14.6 Å². The van der Waals surface area contributed by atoms with E-state index in [2.05, 4.69) is 9.97 Å². The molecule has 0 radical (unpaired) electrons. The quantitative estimate of drug-likeness (QED) is 0.619. The fraction of sp³-hybridized carbons (Fsp3) is 0. The second kappa shape index (κ2) is 6.19. The molecule has 9 heteroatoms. The number of carboxylic acid groups (broad SMARTS) is 1. The van der Waals surface area contributed by atoms with Crippen molar-refractivity contribution >= 4 is 51.4 Å². The summed E-state index contributed by atoms with van der Waals surface area (Å²) >= 11 is 1.02. The molecule has 3 aromatic rings. The fourth-order valence-electron chi connectivity index (χ4n) is 2.04. The molecule has 23 heavy (non-hydrogen) atoms. The molecule has 0 aliphatic heterocycles. The van der Waals surface area contributed by atoms with Gasteiger partial charge in [0.25, 0.3) is 5.56 Å². The number of H-pyrrole nitrogens is 1. The van der Waals surface area contributed by atoms with Gasteiger partial charge in [-0.1, -0.05) is 0 Å². The van der Waals surface area contributed by atoms with Crippen molar-refractivity contribution in [3.8, 4) is 0 Å². The number of thiophene rings is 1. The Morgan fingerprint density at radius 1 is 1.26 bits per heavy atom. The van der Waals surface area contributed by atoms with Crippen LogP contribution in [0.1, 0.15) is 25.6 Å². The summed E-state index contributed by atoms with van der Waals surface area (Å²) in [5.41, 5.74) is 5.37. The van der Waals surface area contributed by atoms with Crippen LogP contribution in [0.3, 0.4) is 0 Å². The van der Waals surface area contributed by atoms with E-state index in [9.17, 15) is 14.4 Å². The number of rotatable bonds is 3. The van der Waals surface area contributed by atoms with Crippen LogP contribution >= 0.6 is 23.7 Å². The van der Waals surface area contributed by atoms with Crippen molar-refractivity contribution < 1.29 is 14.7 Å². The van der Waals surface area contributed by atoms with Gasteiger partial charge in [0.05, 0.1) is 5.69 Å². The first-order chi connectivity index (χ1) is 10.5. The number of aromatic nitrogens is 2. The molecule has 118 valence electrons. The average Bonchev–Trinajstić information content (AvgIpc) is 2.82. The number of ketones is 1. The number of hydrogen-bond donors (Lipinski definition) is 3. The third kappa shape index (κ3) is 2.81. The van der Waals surface area contributed by atoms with Crippen LogP contribution in [-0.4, -0.2) is 26.8 Å². The number of nitrogen functional groups attached to an aromatic ring is 1. The van der Waals surface area contributed by atoms with Gasteiger partial charge in [0.1, 0.15) is 15.3 Å². The third-order valence-corrected chi connectivity index (χ3v) is 4.26. The second-order valence-corrected chi connectivity index (χ2v) is 5.49. The van der Waals surface area contributed by atoms with Crippen LogP contribution < -0.4 is 11.3 Å². The molecule has 0 fully saturated rings. The molecule has 0 saturated heterocycles. The largest absolute Gasteiger partial charge is 0.477 e. The van der Waals surface area contributed by atoms with Crippen LogP contribution in [0.4, 0.5) is 5.69 Å². The Hall–Kier alpha value is -2.71. The first-order valence-electron chi connectivity index (χ1n) is 6.12. The number of aromatic carboxylic acids is 1. The monoisotopic (exact) mass is 351 g/mol. The molecular weight excluding hydrogens is 342 g/mol. The van der Waals surface area contributed by atoms with Gasteiger partial charge in [-0.15, -0.1) is 23.7 Å². The number of pyridine rings is 2. The molecule has 4 N–H and O–H groups in total. The molecule has 3 heterocycles. The summed E-state index contributed by atoms with van der Waals surface area (Å²) in [5, 5.41) is 9.33. The van der Waals surface area contributed by atoms with Gasteiger partial charge in [0.2, 0.25) is 5.78 Å². The Kier molecular flexibility index (Phi) is 4.48. The SMILES string of the molecule is Cl.Nc1c(C(=O)c2ccncc2)sc2[nH]c(=O)c(C(=O)O)cc12. The van der Waals surface area contributed by atoms with E-state index in [0.717, 1.165) is 11.3 Å². The Morgan fingerprint density at radius 2 is 1.91 bits per heavy atom. The lowest BCUT2D eigenvalue weighted by atomic mass is 10.1. The number of carbonyl (C=O) groups is 2. The molecular formula is C14H10ClN3O4S. The Labute approximate surface area is 139 Å². The Bertz CT molecular complexity index is 965. The maximum absolute atomic E-state index is 12.4. The van der Waals surface area contributed by atoms with Gasteiger partial charge in [-0.25, -0.2) is 4.79 Å². The van der Waals surface area contributed by atoms with Crippen LogP contribution in [0, 0.1) is 0 Å². The Morgan fingerprint density at radius 3 is 2.52 bits per heavy atom. The predicted molar refractivity (Wildman–Crippen MR) is 88.7 cm³/mol. The lowest BCUT2D eigenvalue weighted by molar-refractivity contribution is 0.0695. The molecule has 0 bridgehead atoms. The molecule has 0 saturated carbocycles. The zero-order valence-corrected chi connectivity index (χ0v) is 13.0. The Balaban J connectivity index is 0.00000192. The summed E-state index contributed by atoms with van der Waals surface area (Å²) in [6.07, 6.45) is 2.97. The summed E-state index contributed by atoms with van der Waals surface area (Å²) in [6, 6.07) is 4.29. The van der Waals surface area contributed by atoms with Gasteiger partial charge in [0.15, 0.2) is 0 Å². The first kappa shape index (κ1) is 16.7. The summed E-state index contributed by atoms with van der Waals surface area (Å²) < 4.78 is 0. The maximum Gasteiger partial charge on any atom is 0.341 e. The van der Waals surface area contributed by atoms with E-state index < -0.39 is 17.1 Å². The van der Waals surface area contributed by atoms with Crippen LogP contribution in [0.2, 0.25) is 0 Å². The summed E-state index contributed by atoms with van der Waals surface area (Å²) in [6.45, 7) is 0. The van der Waals surface area contributed by atoms with Crippen LogP contribution in [0.15, 0.2) is 35.4 Å². The van der Waals surface area contributed by atoms with E-state index in [0.29, 0.717) is 15.8 Å². The third-order valence-electron chi connectivity index (χ3n) is 3.12. The molecule has 3 rings (SSSR count). The van der Waals surface area contributed by atoms with Gasteiger partial charge < -0.3 is 15.8 Å². The number of nitrogens with two attached hydrogens (primary N) is 1. The highest BCUT2D eigenvalue weighted by molar-refractivity contribution is 7.21. The minimum atomic E-state index is -1.35. The minimum Gasteiger partial charge on any atom is -0.477 e. The second-order valence-electron chi connectivity index (χ2n) is 4.47. The zero-order chi connectivity index (χ0) is 15.9. The van der Waals surface area contributed by atoms with Gasteiger partial charge in [0, 0.05) is 23.3 Å². The van der Waals surface area contributed by atoms with Crippen molar-refractivity contribution in [2.75, 3.05) is 5.73 Å². The van der Waals surface area contributed by atoms with Crippen LogP contribution in [-0.2, 0) is 0 Å². The highest BCUT2D eigenvalue weighted by Gasteiger charge is 2.20. The van der Waals surface area contributed by atoms with Crippen molar-refractivity contribution in [2.24, 2.45) is 0 Å². The standard InChI is InChI=1S/C14H9N3O4S.ClH/c15-9-7-5-8(14(20)21)12(19)17-13(7)22-11(9)10(18)6-1-3-16-4-2-6;/h1-5H,15H2,(H,17,19)(H,20,21);1H.